The molecule has 3 rings (SSSR count). The van der Waals surface area contributed by atoms with E-state index in [1.807, 2.05) is 0 Å². The minimum atomic E-state index is -3.57. The molecule has 0 spiro atoms. The van der Waals surface area contributed by atoms with Gasteiger partial charge in [-0.2, -0.15) is 0 Å². The van der Waals surface area contributed by atoms with Crippen LogP contribution in [0.25, 0.3) is 0 Å². The molecule has 0 saturated carbocycles. The van der Waals surface area contributed by atoms with E-state index in [2.05, 4.69) is 91.0 Å². The fourth-order valence-electron chi connectivity index (χ4n) is 3.42. The Morgan fingerprint density at radius 2 is 0.848 bits per heavy atom. The second-order valence-corrected chi connectivity index (χ2v) is 15.5. The zero-order chi connectivity index (χ0) is 24.5. The van der Waals surface area contributed by atoms with Gasteiger partial charge in [-0.05, 0) is 37.2 Å². The largest absolute Gasteiger partial charge is 0.227 e. The molecule has 4 nitrogen and oxygen atoms in total. The van der Waals surface area contributed by atoms with Gasteiger partial charge < -0.3 is 0 Å². The lowest BCUT2D eigenvalue weighted by molar-refractivity contribution is 0.543. The summed E-state index contributed by atoms with van der Waals surface area (Å²) < 4.78 is 45.1. The Morgan fingerprint density at radius 1 is 0.576 bits per heavy atom. The van der Waals surface area contributed by atoms with Crippen LogP contribution >= 0.6 is 7.92 Å². The van der Waals surface area contributed by atoms with E-state index in [9.17, 15) is 16.8 Å². The molecule has 0 bridgehead atoms. The van der Waals surface area contributed by atoms with E-state index >= 15 is 0 Å². The van der Waals surface area contributed by atoms with Gasteiger partial charge in [0.15, 0.2) is 23.8 Å². The molecule has 0 aromatic heterocycles. The van der Waals surface area contributed by atoms with Crippen LogP contribution in [0.2, 0.25) is 0 Å². The normalized spacial score (nSPS) is 12.2. The SMILES string of the molecule is CCC(C)(S(=O)(=O)CC)S(=O)(=O)CC.c1ccc(P(c2ccccc2)c2ccccc2)cc1. The summed E-state index contributed by atoms with van der Waals surface area (Å²) in [4.78, 5) is 0. The molecule has 7 heteroatoms. The summed E-state index contributed by atoms with van der Waals surface area (Å²) >= 11 is 0. The molecular formula is C26H33O4PS2. The fourth-order valence-corrected chi connectivity index (χ4v) is 10.1. The zero-order valence-electron chi connectivity index (χ0n) is 19.7. The minimum Gasteiger partial charge on any atom is -0.227 e. The van der Waals surface area contributed by atoms with Crippen LogP contribution in [-0.2, 0) is 19.7 Å². The summed E-state index contributed by atoms with van der Waals surface area (Å²) in [6, 6.07) is 32.3. The van der Waals surface area contributed by atoms with Crippen molar-refractivity contribution in [2.24, 2.45) is 0 Å². The van der Waals surface area contributed by atoms with Crippen molar-refractivity contribution in [3.63, 3.8) is 0 Å². The molecular weight excluding hydrogens is 471 g/mol. The molecule has 178 valence electrons. The lowest BCUT2D eigenvalue weighted by atomic mass is 10.4. The van der Waals surface area contributed by atoms with Crippen molar-refractivity contribution in [1.29, 1.82) is 0 Å². The zero-order valence-corrected chi connectivity index (χ0v) is 22.2. The van der Waals surface area contributed by atoms with Gasteiger partial charge in [0, 0.05) is 11.5 Å². The second kappa shape index (κ2) is 11.9. The van der Waals surface area contributed by atoms with Crippen LogP contribution in [0.1, 0.15) is 34.1 Å². The number of hydrogen-bond acceptors (Lipinski definition) is 4. The Kier molecular flexibility index (Phi) is 9.84. The fraction of sp³-hybridized carbons (Fsp3) is 0.308. The summed E-state index contributed by atoms with van der Waals surface area (Å²) in [5, 5.41) is 4.19. The average Bonchev–Trinajstić information content (AvgIpc) is 2.86. The minimum absolute atomic E-state index is 0.0966. The maximum Gasteiger partial charge on any atom is 0.170 e. The van der Waals surface area contributed by atoms with Crippen molar-refractivity contribution in [1.82, 2.24) is 0 Å². The predicted molar refractivity (Wildman–Crippen MR) is 143 cm³/mol. The third-order valence-electron chi connectivity index (χ3n) is 5.76. The Hall–Kier alpha value is -2.01. The highest BCUT2D eigenvalue weighted by atomic mass is 32.3. The van der Waals surface area contributed by atoms with Crippen molar-refractivity contribution in [2.75, 3.05) is 11.5 Å². The van der Waals surface area contributed by atoms with Crippen LogP contribution in [0.5, 0.6) is 0 Å². The summed E-state index contributed by atoms with van der Waals surface area (Å²) in [7, 11) is -7.58. The van der Waals surface area contributed by atoms with Crippen LogP contribution in [0, 0.1) is 0 Å². The monoisotopic (exact) mass is 504 g/mol. The highest BCUT2D eigenvalue weighted by molar-refractivity contribution is 8.10. The average molecular weight is 505 g/mol. The quantitative estimate of drug-likeness (QED) is 0.426. The Balaban J connectivity index is 0.000000248. The Bertz CT molecular complexity index is 1070. The Labute approximate surface area is 200 Å². The molecule has 0 saturated heterocycles. The van der Waals surface area contributed by atoms with Crippen molar-refractivity contribution in [3.05, 3.63) is 91.0 Å². The van der Waals surface area contributed by atoms with Gasteiger partial charge in [0.05, 0.1) is 0 Å². The molecule has 0 heterocycles. The topological polar surface area (TPSA) is 68.3 Å². The number of sulfone groups is 2. The van der Waals surface area contributed by atoms with Crippen molar-refractivity contribution in [3.8, 4) is 0 Å². The number of benzene rings is 3. The van der Waals surface area contributed by atoms with Crippen LogP contribution < -0.4 is 15.9 Å². The molecule has 0 atom stereocenters. The first kappa shape index (κ1) is 27.2. The van der Waals surface area contributed by atoms with Gasteiger partial charge in [-0.15, -0.1) is 0 Å². The first-order valence-electron chi connectivity index (χ1n) is 11.0. The molecule has 0 amide bonds. The number of hydrogen-bond donors (Lipinski definition) is 0. The van der Waals surface area contributed by atoms with Crippen LogP contribution in [0.4, 0.5) is 0 Å². The maximum absolute atomic E-state index is 11.7. The lowest BCUT2D eigenvalue weighted by Gasteiger charge is -2.26. The molecule has 33 heavy (non-hydrogen) atoms. The van der Waals surface area contributed by atoms with E-state index in [1.54, 1.807) is 6.92 Å². The van der Waals surface area contributed by atoms with Gasteiger partial charge in [0.25, 0.3) is 0 Å². The van der Waals surface area contributed by atoms with Crippen molar-refractivity contribution < 1.29 is 16.8 Å². The maximum atomic E-state index is 11.7. The van der Waals surface area contributed by atoms with E-state index in [1.165, 1.54) is 36.7 Å². The first-order valence-corrected chi connectivity index (χ1v) is 15.7. The molecule has 0 fully saturated rings. The molecule has 3 aromatic carbocycles. The predicted octanol–water partition coefficient (Wildman–Crippen LogP) is 4.43. The lowest BCUT2D eigenvalue weighted by Crippen LogP contribution is -2.44. The van der Waals surface area contributed by atoms with E-state index in [0.29, 0.717) is 0 Å². The molecule has 0 radical (unpaired) electrons. The highest BCUT2D eigenvalue weighted by Crippen LogP contribution is 2.32. The number of rotatable bonds is 8. The van der Waals surface area contributed by atoms with E-state index in [4.69, 9.17) is 0 Å². The molecule has 0 unspecified atom stereocenters. The van der Waals surface area contributed by atoms with Crippen LogP contribution in [0.15, 0.2) is 91.0 Å². The van der Waals surface area contributed by atoms with Crippen molar-refractivity contribution >= 4 is 43.5 Å². The Morgan fingerprint density at radius 3 is 1.06 bits per heavy atom. The summed E-state index contributed by atoms with van der Waals surface area (Å²) in [5.74, 6) is -0.285. The molecule has 0 aliphatic carbocycles. The van der Waals surface area contributed by atoms with E-state index in [-0.39, 0.29) is 17.9 Å². The van der Waals surface area contributed by atoms with Gasteiger partial charge in [-0.25, -0.2) is 16.8 Å². The van der Waals surface area contributed by atoms with Crippen LogP contribution in [0.3, 0.4) is 0 Å². The van der Waals surface area contributed by atoms with Gasteiger partial charge >= 0.3 is 0 Å². The molecule has 0 N–H and O–H groups in total. The molecule has 0 aliphatic rings. The van der Waals surface area contributed by atoms with Gasteiger partial charge in [-0.1, -0.05) is 112 Å². The summed E-state index contributed by atoms with van der Waals surface area (Å²) in [6.45, 7) is 5.81. The highest BCUT2D eigenvalue weighted by Gasteiger charge is 2.47. The summed E-state index contributed by atoms with van der Waals surface area (Å²) in [6.07, 6.45) is 0.0966. The smallest absolute Gasteiger partial charge is 0.170 e. The first-order chi connectivity index (χ1) is 15.6. The second-order valence-electron chi connectivity index (χ2n) is 7.64. The van der Waals surface area contributed by atoms with Gasteiger partial charge in [-0.3, -0.25) is 0 Å². The van der Waals surface area contributed by atoms with Gasteiger partial charge in [0.1, 0.15) is 0 Å². The van der Waals surface area contributed by atoms with Crippen LogP contribution in [-0.4, -0.2) is 32.4 Å². The summed E-state index contributed by atoms with van der Waals surface area (Å²) in [5.41, 5.74) is 0. The standard InChI is InChI=1S/C18H15P.C8H18O4S2/c1-4-10-16(11-5-1)19(17-12-6-2-7-13-17)18-14-8-3-9-15-18;1-5-8(4,13(9,10)6-2)14(11,12)7-3/h1-15H;5-7H2,1-4H3. The molecule has 0 aliphatic heterocycles. The molecule has 3 aromatic rings. The van der Waals surface area contributed by atoms with Gasteiger partial charge in [0.2, 0.25) is 0 Å². The van der Waals surface area contributed by atoms with Crippen molar-refractivity contribution in [2.45, 2.75) is 38.2 Å². The van der Waals surface area contributed by atoms with E-state index < -0.39 is 31.7 Å². The van der Waals surface area contributed by atoms with E-state index in [0.717, 1.165) is 0 Å². The third kappa shape index (κ3) is 6.32. The third-order valence-corrected chi connectivity index (χ3v) is 14.5.